The Labute approximate surface area is 111 Å². The Bertz CT molecular complexity index is 482. The molecular weight excluding hydrogens is 252 g/mol. The first kappa shape index (κ1) is 14.3. The van der Waals surface area contributed by atoms with E-state index in [0.29, 0.717) is 18.1 Å². The van der Waals surface area contributed by atoms with Crippen LogP contribution in [0.25, 0.3) is 0 Å². The van der Waals surface area contributed by atoms with Crippen molar-refractivity contribution in [2.45, 2.75) is 13.8 Å². The zero-order valence-corrected chi connectivity index (χ0v) is 11.1. The minimum absolute atomic E-state index is 0.143. The molecule has 18 heavy (non-hydrogen) atoms. The third kappa shape index (κ3) is 3.38. The number of phenols is 1. The summed E-state index contributed by atoms with van der Waals surface area (Å²) in [6, 6.07) is 6.45. The first-order valence-electron chi connectivity index (χ1n) is 5.67. The number of benzene rings is 1. The standard InChI is InChI=1S/C13H15ClN2O2/c1-3-16(8-9(2)7-15)13(18)11-5-4-10(14)6-12(11)17/h4-6,9,17H,3,8H2,1-2H3. The number of aromatic hydroxyl groups is 1. The number of amides is 1. The quantitative estimate of drug-likeness (QED) is 0.911. The number of rotatable bonds is 4. The Morgan fingerprint density at radius 1 is 1.61 bits per heavy atom. The lowest BCUT2D eigenvalue weighted by Gasteiger charge is -2.22. The van der Waals surface area contributed by atoms with E-state index in [0.717, 1.165) is 0 Å². The van der Waals surface area contributed by atoms with Crippen LogP contribution in [0.2, 0.25) is 5.02 Å². The van der Waals surface area contributed by atoms with Crippen LogP contribution >= 0.6 is 11.6 Å². The molecule has 1 amide bonds. The summed E-state index contributed by atoms with van der Waals surface area (Å²) in [7, 11) is 0. The number of phenolic OH excluding ortho intramolecular Hbond substituents is 1. The van der Waals surface area contributed by atoms with Crippen molar-refractivity contribution in [1.29, 1.82) is 5.26 Å². The van der Waals surface area contributed by atoms with Crippen LogP contribution in [0.4, 0.5) is 0 Å². The third-order valence-electron chi connectivity index (χ3n) is 2.57. The number of nitriles is 1. The SMILES string of the molecule is CCN(CC(C)C#N)C(=O)c1ccc(Cl)cc1O. The fourth-order valence-electron chi connectivity index (χ4n) is 1.58. The number of hydrogen-bond donors (Lipinski definition) is 1. The highest BCUT2D eigenvalue weighted by molar-refractivity contribution is 6.30. The molecule has 0 aliphatic heterocycles. The molecule has 0 saturated carbocycles. The van der Waals surface area contributed by atoms with Gasteiger partial charge in [0.1, 0.15) is 5.75 Å². The lowest BCUT2D eigenvalue weighted by molar-refractivity contribution is 0.0749. The van der Waals surface area contributed by atoms with Crippen LogP contribution in [0.5, 0.6) is 5.75 Å². The average Bonchev–Trinajstić information content (AvgIpc) is 2.34. The van der Waals surface area contributed by atoms with E-state index in [4.69, 9.17) is 16.9 Å². The van der Waals surface area contributed by atoms with Crippen molar-refractivity contribution in [3.05, 3.63) is 28.8 Å². The molecule has 5 heteroatoms. The van der Waals surface area contributed by atoms with E-state index in [1.165, 1.54) is 17.0 Å². The molecule has 0 aromatic heterocycles. The Hall–Kier alpha value is -1.73. The van der Waals surface area contributed by atoms with Gasteiger partial charge in [-0.25, -0.2) is 0 Å². The number of carbonyl (C=O) groups is 1. The van der Waals surface area contributed by atoms with Gasteiger partial charge in [0.25, 0.3) is 5.91 Å². The largest absolute Gasteiger partial charge is 0.507 e. The molecule has 1 atom stereocenters. The molecule has 1 N–H and O–H groups in total. The van der Waals surface area contributed by atoms with Crippen molar-refractivity contribution in [2.24, 2.45) is 5.92 Å². The molecule has 0 saturated heterocycles. The van der Waals surface area contributed by atoms with Crippen molar-refractivity contribution in [2.75, 3.05) is 13.1 Å². The van der Waals surface area contributed by atoms with Crippen molar-refractivity contribution in [3.63, 3.8) is 0 Å². The second kappa shape index (κ2) is 6.27. The minimum Gasteiger partial charge on any atom is -0.507 e. The molecule has 1 aromatic carbocycles. The zero-order chi connectivity index (χ0) is 13.7. The normalized spacial score (nSPS) is 11.7. The summed E-state index contributed by atoms with van der Waals surface area (Å²) in [5.41, 5.74) is 0.200. The lowest BCUT2D eigenvalue weighted by Crippen LogP contribution is -2.34. The molecule has 0 aliphatic rings. The van der Waals surface area contributed by atoms with Crippen LogP contribution in [-0.2, 0) is 0 Å². The highest BCUT2D eigenvalue weighted by Gasteiger charge is 2.19. The van der Waals surface area contributed by atoms with Gasteiger partial charge in [-0.05, 0) is 32.0 Å². The third-order valence-corrected chi connectivity index (χ3v) is 2.81. The maximum atomic E-state index is 12.2. The molecule has 1 unspecified atom stereocenters. The minimum atomic E-state index is -0.297. The monoisotopic (exact) mass is 266 g/mol. The zero-order valence-electron chi connectivity index (χ0n) is 10.4. The van der Waals surface area contributed by atoms with Gasteiger partial charge in [0.05, 0.1) is 17.6 Å². The maximum absolute atomic E-state index is 12.2. The summed E-state index contributed by atoms with van der Waals surface area (Å²) in [4.78, 5) is 13.7. The van der Waals surface area contributed by atoms with Crippen molar-refractivity contribution in [3.8, 4) is 11.8 Å². The summed E-state index contributed by atoms with van der Waals surface area (Å²) in [6.07, 6.45) is 0. The van der Waals surface area contributed by atoms with Gasteiger partial charge in [-0.3, -0.25) is 4.79 Å². The van der Waals surface area contributed by atoms with Gasteiger partial charge in [-0.15, -0.1) is 0 Å². The van der Waals surface area contributed by atoms with E-state index in [9.17, 15) is 9.90 Å². The van der Waals surface area contributed by atoms with Crippen LogP contribution in [0.3, 0.4) is 0 Å². The molecular formula is C13H15ClN2O2. The molecule has 1 aromatic rings. The van der Waals surface area contributed by atoms with Gasteiger partial charge in [0.2, 0.25) is 0 Å². The van der Waals surface area contributed by atoms with E-state index in [1.807, 2.05) is 6.92 Å². The Morgan fingerprint density at radius 3 is 2.78 bits per heavy atom. The van der Waals surface area contributed by atoms with E-state index < -0.39 is 0 Å². The van der Waals surface area contributed by atoms with Gasteiger partial charge < -0.3 is 10.0 Å². The molecule has 96 valence electrons. The topological polar surface area (TPSA) is 64.3 Å². The van der Waals surface area contributed by atoms with Crippen molar-refractivity contribution in [1.82, 2.24) is 4.90 Å². The van der Waals surface area contributed by atoms with Crippen LogP contribution in [-0.4, -0.2) is 29.0 Å². The van der Waals surface area contributed by atoms with E-state index in [2.05, 4.69) is 6.07 Å². The average molecular weight is 267 g/mol. The number of carbonyl (C=O) groups excluding carboxylic acids is 1. The fourth-order valence-corrected chi connectivity index (χ4v) is 1.75. The number of halogens is 1. The highest BCUT2D eigenvalue weighted by Crippen LogP contribution is 2.23. The molecule has 0 fully saturated rings. The first-order chi connectivity index (χ1) is 8.49. The summed E-state index contributed by atoms with van der Waals surface area (Å²) < 4.78 is 0. The first-order valence-corrected chi connectivity index (χ1v) is 6.04. The van der Waals surface area contributed by atoms with Gasteiger partial charge >= 0.3 is 0 Å². The second-order valence-electron chi connectivity index (χ2n) is 4.04. The Kier molecular flexibility index (Phi) is 4.99. The van der Waals surface area contributed by atoms with Crippen molar-refractivity contribution >= 4 is 17.5 Å². The molecule has 0 radical (unpaired) electrons. The van der Waals surface area contributed by atoms with E-state index in [-0.39, 0.29) is 23.1 Å². The summed E-state index contributed by atoms with van der Waals surface area (Å²) in [5.74, 6) is -0.687. The maximum Gasteiger partial charge on any atom is 0.257 e. The van der Waals surface area contributed by atoms with Crippen molar-refractivity contribution < 1.29 is 9.90 Å². The van der Waals surface area contributed by atoms with Crippen LogP contribution < -0.4 is 0 Å². The molecule has 0 aliphatic carbocycles. The molecule has 0 spiro atoms. The highest BCUT2D eigenvalue weighted by atomic mass is 35.5. The number of hydrogen-bond acceptors (Lipinski definition) is 3. The summed E-state index contributed by atoms with van der Waals surface area (Å²) >= 11 is 5.71. The lowest BCUT2D eigenvalue weighted by atomic mass is 10.1. The van der Waals surface area contributed by atoms with E-state index in [1.54, 1.807) is 13.0 Å². The Morgan fingerprint density at radius 2 is 2.28 bits per heavy atom. The number of nitrogens with zero attached hydrogens (tertiary/aromatic N) is 2. The van der Waals surface area contributed by atoms with Gasteiger partial charge in [0.15, 0.2) is 0 Å². The van der Waals surface area contributed by atoms with E-state index >= 15 is 0 Å². The summed E-state index contributed by atoms with van der Waals surface area (Å²) in [5, 5.41) is 18.8. The van der Waals surface area contributed by atoms with Crippen LogP contribution in [0.1, 0.15) is 24.2 Å². The molecule has 1 rings (SSSR count). The van der Waals surface area contributed by atoms with Crippen LogP contribution in [0, 0.1) is 17.2 Å². The second-order valence-corrected chi connectivity index (χ2v) is 4.47. The predicted molar refractivity (Wildman–Crippen MR) is 69.5 cm³/mol. The Balaban J connectivity index is 2.94. The van der Waals surface area contributed by atoms with Crippen LogP contribution in [0.15, 0.2) is 18.2 Å². The van der Waals surface area contributed by atoms with Gasteiger partial charge in [-0.1, -0.05) is 11.6 Å². The fraction of sp³-hybridized carbons (Fsp3) is 0.385. The molecule has 4 nitrogen and oxygen atoms in total. The smallest absolute Gasteiger partial charge is 0.257 e. The van der Waals surface area contributed by atoms with Gasteiger partial charge in [0, 0.05) is 18.1 Å². The predicted octanol–water partition coefficient (Wildman–Crippen LogP) is 2.67. The summed E-state index contributed by atoms with van der Waals surface area (Å²) in [6.45, 7) is 4.40. The molecule has 0 bridgehead atoms. The van der Waals surface area contributed by atoms with Gasteiger partial charge in [-0.2, -0.15) is 5.26 Å². The molecule has 0 heterocycles.